The molecule has 1 aromatic heterocycles. The van der Waals surface area contributed by atoms with Gasteiger partial charge in [-0.25, -0.2) is 0 Å². The molecule has 0 saturated heterocycles. The van der Waals surface area contributed by atoms with Crippen LogP contribution >= 0.6 is 0 Å². The van der Waals surface area contributed by atoms with Crippen molar-refractivity contribution in [3.8, 4) is 5.88 Å². The summed E-state index contributed by atoms with van der Waals surface area (Å²) in [5.74, 6) is 1.31. The van der Waals surface area contributed by atoms with Gasteiger partial charge in [0.2, 0.25) is 0 Å². The maximum atomic E-state index is 5.72. The van der Waals surface area contributed by atoms with Crippen molar-refractivity contribution < 1.29 is 9.26 Å². The molecule has 0 aliphatic carbocycles. The molecule has 0 spiro atoms. The number of hydrogen-bond donors (Lipinski definition) is 0. The Hall–Kier alpha value is -2.07. The minimum atomic E-state index is -0.00317. The van der Waals surface area contributed by atoms with E-state index >= 15 is 0 Å². The van der Waals surface area contributed by atoms with Crippen LogP contribution in [-0.2, 0) is 6.61 Å². The lowest BCUT2D eigenvalue weighted by Crippen LogP contribution is -2.17. The number of benzene rings is 1. The topological polar surface area (TPSA) is 38.5 Å². The van der Waals surface area contributed by atoms with E-state index in [1.54, 1.807) is 0 Å². The Morgan fingerprint density at radius 1 is 1.35 bits per heavy atom. The van der Waals surface area contributed by atoms with Crippen LogP contribution in [0, 0.1) is 6.92 Å². The third kappa shape index (κ3) is 3.08. The molecule has 0 unspecified atom stereocenters. The Labute approximate surface area is 119 Å². The fraction of sp³-hybridized carbons (Fsp3) is 0.312. The molecule has 20 heavy (non-hydrogen) atoms. The fourth-order valence-corrected chi connectivity index (χ4v) is 2.02. The molecule has 0 bridgehead atoms. The lowest BCUT2D eigenvalue weighted by molar-refractivity contribution is 0.248. The van der Waals surface area contributed by atoms with Crippen molar-refractivity contribution in [2.24, 2.45) is 0 Å². The zero-order valence-corrected chi connectivity index (χ0v) is 12.2. The van der Waals surface area contributed by atoms with E-state index in [2.05, 4.69) is 11.7 Å². The predicted molar refractivity (Wildman–Crippen MR) is 78.6 cm³/mol. The molecule has 0 radical (unpaired) electrons. The molecule has 1 heterocycles. The van der Waals surface area contributed by atoms with E-state index in [0.29, 0.717) is 12.5 Å². The predicted octanol–water partition coefficient (Wildman–Crippen LogP) is 3.35. The molecule has 1 atom stereocenters. The minimum absolute atomic E-state index is 0.00317. The maximum Gasteiger partial charge on any atom is 0.257 e. The first-order valence-electron chi connectivity index (χ1n) is 6.55. The number of likely N-dealkylation sites (N-methyl/N-ethyl adjacent to an activating group) is 1. The molecule has 0 aliphatic rings. The Bertz CT molecular complexity index is 561. The van der Waals surface area contributed by atoms with Crippen LogP contribution in [0.3, 0.4) is 0 Å². The average molecular weight is 272 g/mol. The fourth-order valence-electron chi connectivity index (χ4n) is 2.02. The van der Waals surface area contributed by atoms with Gasteiger partial charge in [-0.1, -0.05) is 36.4 Å². The zero-order valence-electron chi connectivity index (χ0n) is 12.2. The van der Waals surface area contributed by atoms with Crippen LogP contribution in [0.1, 0.15) is 22.9 Å². The van der Waals surface area contributed by atoms with Gasteiger partial charge in [0.05, 0.1) is 11.6 Å². The first-order valence-corrected chi connectivity index (χ1v) is 6.55. The molecule has 0 saturated carbocycles. The first kappa shape index (κ1) is 14.3. The van der Waals surface area contributed by atoms with Gasteiger partial charge in [-0.2, -0.15) is 0 Å². The summed E-state index contributed by atoms with van der Waals surface area (Å²) < 4.78 is 11.1. The highest BCUT2D eigenvalue weighted by atomic mass is 16.5. The summed E-state index contributed by atoms with van der Waals surface area (Å²) in [4.78, 5) is 2.02. The molecular weight excluding hydrogens is 252 g/mol. The van der Waals surface area contributed by atoms with Crippen molar-refractivity contribution in [1.82, 2.24) is 10.1 Å². The summed E-state index contributed by atoms with van der Waals surface area (Å²) in [5.41, 5.74) is 2.02. The second-order valence-corrected chi connectivity index (χ2v) is 4.90. The molecule has 0 amide bonds. The van der Waals surface area contributed by atoms with Crippen LogP contribution in [0.15, 0.2) is 47.5 Å². The van der Waals surface area contributed by atoms with E-state index in [1.165, 1.54) is 0 Å². The van der Waals surface area contributed by atoms with Gasteiger partial charge < -0.3 is 9.26 Å². The summed E-state index contributed by atoms with van der Waals surface area (Å²) in [6, 6.07) is 9.98. The lowest BCUT2D eigenvalue weighted by atomic mass is 10.1. The molecule has 0 aliphatic heterocycles. The molecular formula is C16H20N2O2. The zero-order chi connectivity index (χ0) is 14.5. The molecule has 2 aromatic rings. The minimum Gasteiger partial charge on any atom is -0.470 e. The summed E-state index contributed by atoms with van der Waals surface area (Å²) in [7, 11) is 3.94. The second-order valence-electron chi connectivity index (χ2n) is 4.90. The maximum absolute atomic E-state index is 5.72. The van der Waals surface area contributed by atoms with Crippen molar-refractivity contribution in [2.75, 3.05) is 14.1 Å². The second kappa shape index (κ2) is 6.39. The highest BCUT2D eigenvalue weighted by Gasteiger charge is 2.21. The van der Waals surface area contributed by atoms with Crippen LogP contribution in [0.25, 0.3) is 0 Å². The number of aromatic nitrogens is 1. The Kier molecular flexibility index (Phi) is 4.58. The van der Waals surface area contributed by atoms with Gasteiger partial charge in [0.25, 0.3) is 5.88 Å². The highest BCUT2D eigenvalue weighted by Crippen LogP contribution is 2.29. The van der Waals surface area contributed by atoms with E-state index in [-0.39, 0.29) is 6.04 Å². The van der Waals surface area contributed by atoms with Gasteiger partial charge in [-0.3, -0.25) is 4.90 Å². The van der Waals surface area contributed by atoms with E-state index in [9.17, 15) is 0 Å². The van der Waals surface area contributed by atoms with E-state index < -0.39 is 0 Å². The van der Waals surface area contributed by atoms with Crippen molar-refractivity contribution >= 4 is 0 Å². The third-order valence-electron chi connectivity index (χ3n) is 3.18. The van der Waals surface area contributed by atoms with Crippen molar-refractivity contribution in [2.45, 2.75) is 19.6 Å². The van der Waals surface area contributed by atoms with Gasteiger partial charge in [0.1, 0.15) is 6.61 Å². The van der Waals surface area contributed by atoms with Gasteiger partial charge in [0, 0.05) is 0 Å². The molecule has 1 aromatic carbocycles. The van der Waals surface area contributed by atoms with Crippen molar-refractivity contribution in [3.63, 3.8) is 0 Å². The average Bonchev–Trinajstić information content (AvgIpc) is 2.80. The largest absolute Gasteiger partial charge is 0.470 e. The van der Waals surface area contributed by atoms with E-state index in [0.717, 1.165) is 16.9 Å². The molecule has 106 valence electrons. The normalized spacial score (nSPS) is 12.4. The van der Waals surface area contributed by atoms with Crippen LogP contribution in [0.5, 0.6) is 5.88 Å². The van der Waals surface area contributed by atoms with Crippen molar-refractivity contribution in [1.29, 1.82) is 0 Å². The lowest BCUT2D eigenvalue weighted by Gasteiger charge is -2.18. The Morgan fingerprint density at radius 3 is 2.65 bits per heavy atom. The van der Waals surface area contributed by atoms with Crippen LogP contribution in [-0.4, -0.2) is 24.2 Å². The highest BCUT2D eigenvalue weighted by molar-refractivity contribution is 5.30. The smallest absolute Gasteiger partial charge is 0.257 e. The molecule has 2 rings (SSSR count). The van der Waals surface area contributed by atoms with Gasteiger partial charge >= 0.3 is 0 Å². The summed E-state index contributed by atoms with van der Waals surface area (Å²) in [6.45, 7) is 6.26. The third-order valence-corrected chi connectivity index (χ3v) is 3.18. The number of ether oxygens (including phenoxy) is 1. The summed E-state index contributed by atoms with van der Waals surface area (Å²) >= 11 is 0. The standard InChI is InChI=1S/C16H20N2O2/c1-5-14(18(3)4)15-12(2)16(17-20-15)19-11-13-9-7-6-8-10-13/h5-10,14H,1,11H2,2-4H3/t14-/m1/s1. The van der Waals surface area contributed by atoms with Gasteiger partial charge in [-0.15, -0.1) is 6.58 Å². The summed E-state index contributed by atoms with van der Waals surface area (Å²) in [6.07, 6.45) is 1.83. The van der Waals surface area contributed by atoms with Crippen LogP contribution in [0.4, 0.5) is 0 Å². The molecule has 4 heteroatoms. The SMILES string of the molecule is C=C[C@H](c1onc(OCc2ccccc2)c1C)N(C)C. The Morgan fingerprint density at radius 2 is 2.05 bits per heavy atom. The number of nitrogens with zero attached hydrogens (tertiary/aromatic N) is 2. The number of hydrogen-bond acceptors (Lipinski definition) is 4. The monoisotopic (exact) mass is 272 g/mol. The first-order chi connectivity index (χ1) is 9.63. The molecule has 4 nitrogen and oxygen atoms in total. The van der Waals surface area contributed by atoms with Crippen LogP contribution < -0.4 is 4.74 Å². The van der Waals surface area contributed by atoms with Gasteiger partial charge in [0.15, 0.2) is 5.76 Å². The Balaban J connectivity index is 2.11. The number of rotatable bonds is 6. The summed E-state index contributed by atoms with van der Waals surface area (Å²) in [5, 5.41) is 4.01. The quantitative estimate of drug-likeness (QED) is 0.756. The van der Waals surface area contributed by atoms with Gasteiger partial charge in [-0.05, 0) is 31.7 Å². The van der Waals surface area contributed by atoms with Crippen LogP contribution in [0.2, 0.25) is 0 Å². The van der Waals surface area contributed by atoms with E-state index in [4.69, 9.17) is 9.26 Å². The van der Waals surface area contributed by atoms with Crippen molar-refractivity contribution in [3.05, 3.63) is 59.9 Å². The molecule has 0 N–H and O–H groups in total. The van der Waals surface area contributed by atoms with E-state index in [1.807, 2.05) is 62.3 Å². The molecule has 0 fully saturated rings.